The largest absolute Gasteiger partial charge is 0.480 e. The molecule has 0 saturated heterocycles. The lowest BCUT2D eigenvalue weighted by Crippen LogP contribution is -2.53. The fourth-order valence-electron chi connectivity index (χ4n) is 1.35. The van der Waals surface area contributed by atoms with E-state index >= 15 is 0 Å². The molecule has 1 unspecified atom stereocenters. The van der Waals surface area contributed by atoms with Gasteiger partial charge in [-0.25, -0.2) is 9.59 Å². The van der Waals surface area contributed by atoms with E-state index in [4.69, 9.17) is 10.8 Å². The third kappa shape index (κ3) is 6.03. The summed E-state index contributed by atoms with van der Waals surface area (Å²) < 4.78 is 0. The molecule has 0 heterocycles. The van der Waals surface area contributed by atoms with Crippen LogP contribution >= 0.6 is 0 Å². The summed E-state index contributed by atoms with van der Waals surface area (Å²) in [5.41, 5.74) is 4.88. The van der Waals surface area contributed by atoms with Crippen LogP contribution < -0.4 is 16.4 Å². The second-order valence-corrected chi connectivity index (χ2v) is 4.25. The van der Waals surface area contributed by atoms with Gasteiger partial charge in [-0.1, -0.05) is 0 Å². The van der Waals surface area contributed by atoms with Crippen molar-refractivity contribution in [2.24, 2.45) is 5.73 Å². The zero-order valence-electron chi connectivity index (χ0n) is 11.7. The summed E-state index contributed by atoms with van der Waals surface area (Å²) in [5, 5.41) is 13.2. The van der Waals surface area contributed by atoms with Gasteiger partial charge in [-0.15, -0.1) is 0 Å². The van der Waals surface area contributed by atoms with Crippen LogP contribution in [0.1, 0.15) is 20.3 Å². The molecule has 0 bridgehead atoms. The van der Waals surface area contributed by atoms with Crippen molar-refractivity contribution in [1.29, 1.82) is 0 Å². The molecule has 5 N–H and O–H groups in total. The number of carboxylic acid groups (broad SMARTS) is 1. The first-order valence-electron chi connectivity index (χ1n) is 6.02. The fraction of sp³-hybridized carbons (Fsp3) is 0.636. The van der Waals surface area contributed by atoms with Crippen LogP contribution in [0.25, 0.3) is 0 Å². The standard InChI is InChI=1S/C11H20N4O5/c1-4-15(3)9(17)6(2)13-11(20)14-7(10(18)19)5-8(12)16/h6-7H,4-5H2,1-3H3,(H2,12,16)(H,18,19)(H2,13,14,20)/t6?,7-/m0/s1. The molecule has 0 aliphatic rings. The highest BCUT2D eigenvalue weighted by atomic mass is 16.4. The third-order valence-corrected chi connectivity index (χ3v) is 2.58. The molecule has 9 nitrogen and oxygen atoms in total. The molecule has 114 valence electrons. The molecule has 0 spiro atoms. The Morgan fingerprint density at radius 3 is 2.20 bits per heavy atom. The van der Waals surface area contributed by atoms with E-state index in [0.29, 0.717) is 6.54 Å². The maximum absolute atomic E-state index is 11.7. The SMILES string of the molecule is CCN(C)C(=O)C(C)NC(=O)N[C@@H](CC(N)=O)C(=O)O. The molecule has 20 heavy (non-hydrogen) atoms. The lowest BCUT2D eigenvalue weighted by molar-refractivity contribution is -0.140. The highest BCUT2D eigenvalue weighted by molar-refractivity contribution is 5.90. The van der Waals surface area contributed by atoms with Gasteiger partial charge in [-0.3, -0.25) is 9.59 Å². The van der Waals surface area contributed by atoms with Crippen molar-refractivity contribution in [3.05, 3.63) is 0 Å². The number of nitrogens with two attached hydrogens (primary N) is 1. The summed E-state index contributed by atoms with van der Waals surface area (Å²) in [6.07, 6.45) is -0.528. The van der Waals surface area contributed by atoms with E-state index in [9.17, 15) is 19.2 Å². The minimum Gasteiger partial charge on any atom is -0.480 e. The Hall–Kier alpha value is -2.32. The number of likely N-dealkylation sites (N-methyl/N-ethyl adjacent to an activating group) is 1. The first-order valence-corrected chi connectivity index (χ1v) is 6.02. The van der Waals surface area contributed by atoms with Gasteiger partial charge in [0.15, 0.2) is 0 Å². The first kappa shape index (κ1) is 17.7. The van der Waals surface area contributed by atoms with Crippen molar-refractivity contribution in [2.75, 3.05) is 13.6 Å². The van der Waals surface area contributed by atoms with Crippen molar-refractivity contribution < 1.29 is 24.3 Å². The Bertz CT molecular complexity index is 398. The zero-order valence-corrected chi connectivity index (χ0v) is 11.7. The van der Waals surface area contributed by atoms with E-state index < -0.39 is 36.4 Å². The van der Waals surface area contributed by atoms with Crippen LogP contribution in [0.15, 0.2) is 0 Å². The van der Waals surface area contributed by atoms with Gasteiger partial charge in [0.25, 0.3) is 0 Å². The number of nitrogens with zero attached hydrogens (tertiary/aromatic N) is 1. The molecule has 0 radical (unpaired) electrons. The van der Waals surface area contributed by atoms with Gasteiger partial charge < -0.3 is 26.4 Å². The van der Waals surface area contributed by atoms with Gasteiger partial charge in [0.2, 0.25) is 11.8 Å². The van der Waals surface area contributed by atoms with Crippen molar-refractivity contribution in [3.8, 4) is 0 Å². The highest BCUT2D eigenvalue weighted by Crippen LogP contribution is 1.94. The van der Waals surface area contributed by atoms with Gasteiger partial charge in [0, 0.05) is 13.6 Å². The number of hydrogen-bond donors (Lipinski definition) is 4. The molecule has 0 aromatic carbocycles. The number of carbonyl (C=O) groups excluding carboxylic acids is 3. The lowest BCUT2D eigenvalue weighted by atomic mass is 10.2. The van der Waals surface area contributed by atoms with E-state index in [2.05, 4.69) is 10.6 Å². The number of hydrogen-bond acceptors (Lipinski definition) is 4. The summed E-state index contributed by atoms with van der Waals surface area (Å²) >= 11 is 0. The normalized spacial score (nSPS) is 12.9. The van der Waals surface area contributed by atoms with Crippen LogP contribution in [0, 0.1) is 0 Å². The van der Waals surface area contributed by atoms with Crippen LogP contribution in [0.2, 0.25) is 0 Å². The quantitative estimate of drug-likeness (QED) is 0.450. The molecule has 4 amide bonds. The number of carboxylic acids is 1. The van der Waals surface area contributed by atoms with Gasteiger partial charge in [0.05, 0.1) is 6.42 Å². The van der Waals surface area contributed by atoms with Crippen molar-refractivity contribution in [3.63, 3.8) is 0 Å². The van der Waals surface area contributed by atoms with E-state index in [1.54, 1.807) is 14.0 Å². The Morgan fingerprint density at radius 1 is 1.25 bits per heavy atom. The second kappa shape index (κ2) is 7.97. The molecule has 0 aliphatic carbocycles. The maximum atomic E-state index is 11.7. The lowest BCUT2D eigenvalue weighted by Gasteiger charge is -2.21. The van der Waals surface area contributed by atoms with Crippen molar-refractivity contribution >= 4 is 23.8 Å². The number of nitrogens with one attached hydrogen (secondary N) is 2. The molecule has 2 atom stereocenters. The summed E-state index contributed by atoms with van der Waals surface area (Å²) in [7, 11) is 1.57. The van der Waals surface area contributed by atoms with E-state index in [1.165, 1.54) is 11.8 Å². The number of carbonyl (C=O) groups is 4. The molecule has 0 rings (SSSR count). The van der Waals surface area contributed by atoms with Crippen LogP contribution in [0.3, 0.4) is 0 Å². The molecular formula is C11H20N4O5. The van der Waals surface area contributed by atoms with Crippen LogP contribution in [0.5, 0.6) is 0 Å². The Morgan fingerprint density at radius 2 is 1.80 bits per heavy atom. The smallest absolute Gasteiger partial charge is 0.326 e. The molecule has 0 fully saturated rings. The number of primary amides is 1. The second-order valence-electron chi connectivity index (χ2n) is 4.25. The zero-order chi connectivity index (χ0) is 15.9. The minimum absolute atomic E-state index is 0.315. The summed E-state index contributed by atoms with van der Waals surface area (Å²) in [6.45, 7) is 3.72. The van der Waals surface area contributed by atoms with Gasteiger partial charge in [0.1, 0.15) is 12.1 Å². The maximum Gasteiger partial charge on any atom is 0.326 e. The average Bonchev–Trinajstić information content (AvgIpc) is 2.35. The monoisotopic (exact) mass is 288 g/mol. The third-order valence-electron chi connectivity index (χ3n) is 2.58. The topological polar surface area (TPSA) is 142 Å². The van der Waals surface area contributed by atoms with Crippen molar-refractivity contribution in [2.45, 2.75) is 32.4 Å². The molecule has 9 heteroatoms. The summed E-state index contributed by atoms with van der Waals surface area (Å²) in [4.78, 5) is 46.2. The molecule has 0 aromatic rings. The van der Waals surface area contributed by atoms with E-state index in [-0.39, 0.29) is 5.91 Å². The fourth-order valence-corrected chi connectivity index (χ4v) is 1.35. The Kier molecular flexibility index (Phi) is 7.05. The number of aliphatic carboxylic acids is 1. The molecular weight excluding hydrogens is 268 g/mol. The predicted octanol–water partition coefficient (Wildman–Crippen LogP) is -1.52. The number of amides is 4. The van der Waals surface area contributed by atoms with Gasteiger partial charge in [-0.2, -0.15) is 0 Å². The first-order chi connectivity index (χ1) is 9.18. The van der Waals surface area contributed by atoms with Gasteiger partial charge >= 0.3 is 12.0 Å². The molecule has 0 saturated carbocycles. The minimum atomic E-state index is -1.43. The van der Waals surface area contributed by atoms with E-state index in [1.807, 2.05) is 0 Å². The molecule has 0 aromatic heterocycles. The van der Waals surface area contributed by atoms with Crippen LogP contribution in [-0.2, 0) is 14.4 Å². The van der Waals surface area contributed by atoms with Crippen LogP contribution in [0.4, 0.5) is 4.79 Å². The Labute approximate surface area is 116 Å². The van der Waals surface area contributed by atoms with Crippen LogP contribution in [-0.4, -0.2) is 59.5 Å². The van der Waals surface area contributed by atoms with Crippen molar-refractivity contribution in [1.82, 2.24) is 15.5 Å². The van der Waals surface area contributed by atoms with Gasteiger partial charge in [-0.05, 0) is 13.8 Å². The summed E-state index contributed by atoms with van der Waals surface area (Å²) in [6, 6.07) is -3.11. The average molecular weight is 288 g/mol. The number of rotatable bonds is 7. The summed E-state index contributed by atoms with van der Waals surface area (Å²) in [5.74, 6) is -2.56. The predicted molar refractivity (Wildman–Crippen MR) is 69.7 cm³/mol. The Balaban J connectivity index is 4.49. The highest BCUT2D eigenvalue weighted by Gasteiger charge is 2.24. The number of urea groups is 1. The van der Waals surface area contributed by atoms with E-state index in [0.717, 1.165) is 0 Å². The molecule has 0 aliphatic heterocycles.